The van der Waals surface area contributed by atoms with E-state index in [1.165, 1.54) is 19.3 Å². The lowest BCUT2D eigenvalue weighted by Crippen LogP contribution is -2.42. The van der Waals surface area contributed by atoms with Gasteiger partial charge in [0, 0.05) is 39.1 Å². The van der Waals surface area contributed by atoms with Crippen LogP contribution in [0.15, 0.2) is 4.99 Å². The number of nitrogens with zero attached hydrogens (tertiary/aromatic N) is 2. The third-order valence-corrected chi connectivity index (χ3v) is 4.54. The predicted octanol–water partition coefficient (Wildman–Crippen LogP) is 1.74. The van der Waals surface area contributed by atoms with Crippen molar-refractivity contribution in [2.45, 2.75) is 58.4 Å². The van der Waals surface area contributed by atoms with E-state index in [-0.39, 0.29) is 5.91 Å². The molecule has 1 amide bonds. The Bertz CT molecular complexity index is 386. The number of guanidine groups is 1. The van der Waals surface area contributed by atoms with Gasteiger partial charge in [-0.15, -0.1) is 0 Å². The van der Waals surface area contributed by atoms with Gasteiger partial charge < -0.3 is 15.5 Å². The van der Waals surface area contributed by atoms with Crippen LogP contribution in [0.3, 0.4) is 0 Å². The van der Waals surface area contributed by atoms with Gasteiger partial charge in [-0.05, 0) is 24.7 Å². The molecule has 2 fully saturated rings. The standard InChI is InChI=1S/C16H30N4O/c1-16(2)9-11-20(12-16)15(17-3)18-10-8-14(21)19-13-6-4-5-7-13/h13H,4-12H2,1-3H3,(H,17,18)(H,19,21). The van der Waals surface area contributed by atoms with Crippen molar-refractivity contribution >= 4 is 11.9 Å². The first-order valence-corrected chi connectivity index (χ1v) is 8.25. The summed E-state index contributed by atoms with van der Waals surface area (Å²) in [6.45, 7) is 7.30. The van der Waals surface area contributed by atoms with Crippen LogP contribution in [-0.2, 0) is 4.79 Å². The first kappa shape index (κ1) is 16.1. The molecule has 0 aromatic carbocycles. The maximum atomic E-state index is 11.9. The molecule has 1 aliphatic carbocycles. The van der Waals surface area contributed by atoms with Gasteiger partial charge in [0.2, 0.25) is 5.91 Å². The lowest BCUT2D eigenvalue weighted by molar-refractivity contribution is -0.121. The molecule has 0 radical (unpaired) electrons. The van der Waals surface area contributed by atoms with Crippen molar-refractivity contribution in [2.75, 3.05) is 26.7 Å². The van der Waals surface area contributed by atoms with E-state index in [0.29, 0.717) is 24.4 Å². The Balaban J connectivity index is 1.68. The van der Waals surface area contributed by atoms with Crippen LogP contribution in [0, 0.1) is 5.41 Å². The number of carbonyl (C=O) groups is 1. The minimum atomic E-state index is 0.159. The molecule has 1 saturated carbocycles. The van der Waals surface area contributed by atoms with Crippen molar-refractivity contribution in [1.82, 2.24) is 15.5 Å². The normalized spacial score (nSPS) is 22.6. The van der Waals surface area contributed by atoms with Crippen LogP contribution < -0.4 is 10.6 Å². The Kier molecular flexibility index (Phi) is 5.48. The van der Waals surface area contributed by atoms with E-state index in [0.717, 1.165) is 31.9 Å². The molecular weight excluding hydrogens is 264 g/mol. The van der Waals surface area contributed by atoms with Gasteiger partial charge in [0.25, 0.3) is 0 Å². The summed E-state index contributed by atoms with van der Waals surface area (Å²) in [6.07, 6.45) is 6.50. The third kappa shape index (κ3) is 4.90. The molecule has 0 unspecified atom stereocenters. The molecule has 0 bridgehead atoms. The number of nitrogens with one attached hydrogen (secondary N) is 2. The van der Waals surface area contributed by atoms with E-state index in [9.17, 15) is 4.79 Å². The number of rotatable bonds is 4. The summed E-state index contributed by atoms with van der Waals surface area (Å²) in [5, 5.41) is 6.44. The van der Waals surface area contributed by atoms with Crippen LogP contribution in [0.4, 0.5) is 0 Å². The molecule has 21 heavy (non-hydrogen) atoms. The molecule has 0 aromatic heterocycles. The minimum absolute atomic E-state index is 0.159. The summed E-state index contributed by atoms with van der Waals surface area (Å²) in [6, 6.07) is 0.413. The van der Waals surface area contributed by atoms with Crippen LogP contribution in [0.5, 0.6) is 0 Å². The van der Waals surface area contributed by atoms with Crippen LogP contribution >= 0.6 is 0 Å². The van der Waals surface area contributed by atoms with Gasteiger partial charge in [0.1, 0.15) is 0 Å². The monoisotopic (exact) mass is 294 g/mol. The van der Waals surface area contributed by atoms with Crippen LogP contribution in [0.25, 0.3) is 0 Å². The highest BCUT2D eigenvalue weighted by Crippen LogP contribution is 2.28. The maximum absolute atomic E-state index is 11.9. The van der Waals surface area contributed by atoms with Crippen molar-refractivity contribution in [3.63, 3.8) is 0 Å². The number of hydrogen-bond acceptors (Lipinski definition) is 2. The SMILES string of the molecule is CN=C(NCCC(=O)NC1CCCC1)N1CCC(C)(C)C1. The number of aliphatic imine (C=N–C) groups is 1. The van der Waals surface area contributed by atoms with Gasteiger partial charge in [-0.1, -0.05) is 26.7 Å². The van der Waals surface area contributed by atoms with Gasteiger partial charge in [-0.3, -0.25) is 9.79 Å². The van der Waals surface area contributed by atoms with Gasteiger partial charge in [0.05, 0.1) is 0 Å². The van der Waals surface area contributed by atoms with E-state index >= 15 is 0 Å². The third-order valence-electron chi connectivity index (χ3n) is 4.54. The number of likely N-dealkylation sites (tertiary alicyclic amines) is 1. The molecular formula is C16H30N4O. The van der Waals surface area contributed by atoms with E-state index in [1.807, 2.05) is 7.05 Å². The second-order valence-corrected chi connectivity index (χ2v) is 7.11. The van der Waals surface area contributed by atoms with Crippen molar-refractivity contribution < 1.29 is 4.79 Å². The Morgan fingerprint density at radius 2 is 2.05 bits per heavy atom. The zero-order valence-corrected chi connectivity index (χ0v) is 13.7. The highest BCUT2D eigenvalue weighted by molar-refractivity contribution is 5.81. The van der Waals surface area contributed by atoms with Gasteiger partial charge >= 0.3 is 0 Å². The maximum Gasteiger partial charge on any atom is 0.221 e. The summed E-state index contributed by atoms with van der Waals surface area (Å²) in [5.74, 6) is 1.08. The molecule has 5 nitrogen and oxygen atoms in total. The topological polar surface area (TPSA) is 56.7 Å². The zero-order chi connectivity index (χ0) is 15.3. The summed E-state index contributed by atoms with van der Waals surface area (Å²) >= 11 is 0. The summed E-state index contributed by atoms with van der Waals surface area (Å²) in [4.78, 5) is 18.5. The van der Waals surface area contributed by atoms with Crippen molar-refractivity contribution in [1.29, 1.82) is 0 Å². The van der Waals surface area contributed by atoms with E-state index in [4.69, 9.17) is 0 Å². The Morgan fingerprint density at radius 3 is 2.62 bits per heavy atom. The van der Waals surface area contributed by atoms with Gasteiger partial charge in [-0.25, -0.2) is 0 Å². The smallest absolute Gasteiger partial charge is 0.221 e. The fourth-order valence-corrected chi connectivity index (χ4v) is 3.28. The first-order valence-electron chi connectivity index (χ1n) is 8.25. The fourth-order valence-electron chi connectivity index (χ4n) is 3.28. The lowest BCUT2D eigenvalue weighted by atomic mass is 9.93. The molecule has 2 rings (SSSR count). The molecule has 1 saturated heterocycles. The number of amides is 1. The number of hydrogen-bond donors (Lipinski definition) is 2. The fraction of sp³-hybridized carbons (Fsp3) is 0.875. The molecule has 1 heterocycles. The molecule has 5 heteroatoms. The summed E-state index contributed by atoms with van der Waals surface area (Å²) in [5.41, 5.74) is 0.359. The van der Waals surface area contributed by atoms with Crippen LogP contribution in [-0.4, -0.2) is 49.5 Å². The van der Waals surface area contributed by atoms with E-state index < -0.39 is 0 Å². The summed E-state index contributed by atoms with van der Waals surface area (Å²) in [7, 11) is 1.81. The van der Waals surface area contributed by atoms with Crippen LogP contribution in [0.2, 0.25) is 0 Å². The molecule has 0 atom stereocenters. The average Bonchev–Trinajstić information content (AvgIpc) is 3.04. The van der Waals surface area contributed by atoms with Crippen molar-refractivity contribution in [2.24, 2.45) is 10.4 Å². The number of carbonyl (C=O) groups excluding carboxylic acids is 1. The van der Waals surface area contributed by atoms with Crippen molar-refractivity contribution in [3.05, 3.63) is 0 Å². The summed E-state index contributed by atoms with van der Waals surface area (Å²) < 4.78 is 0. The van der Waals surface area contributed by atoms with Crippen molar-refractivity contribution in [3.8, 4) is 0 Å². The highest BCUT2D eigenvalue weighted by atomic mass is 16.1. The Morgan fingerprint density at radius 1 is 1.33 bits per heavy atom. The molecule has 0 aromatic rings. The largest absolute Gasteiger partial charge is 0.356 e. The second-order valence-electron chi connectivity index (χ2n) is 7.11. The quantitative estimate of drug-likeness (QED) is 0.613. The van der Waals surface area contributed by atoms with Gasteiger partial charge in [-0.2, -0.15) is 0 Å². The molecule has 0 spiro atoms. The molecule has 1 aliphatic heterocycles. The zero-order valence-electron chi connectivity index (χ0n) is 13.7. The molecule has 2 N–H and O–H groups in total. The van der Waals surface area contributed by atoms with E-state index in [2.05, 4.69) is 34.4 Å². The minimum Gasteiger partial charge on any atom is -0.356 e. The lowest BCUT2D eigenvalue weighted by Gasteiger charge is -2.23. The molecule has 120 valence electrons. The van der Waals surface area contributed by atoms with E-state index in [1.54, 1.807) is 0 Å². The Labute approximate surface area is 128 Å². The first-order chi connectivity index (χ1) is 10.00. The predicted molar refractivity (Wildman–Crippen MR) is 86.3 cm³/mol. The Hall–Kier alpha value is -1.26. The highest BCUT2D eigenvalue weighted by Gasteiger charge is 2.30. The average molecular weight is 294 g/mol. The molecule has 2 aliphatic rings. The second kappa shape index (κ2) is 7.14. The van der Waals surface area contributed by atoms with Crippen LogP contribution in [0.1, 0.15) is 52.4 Å². The van der Waals surface area contributed by atoms with Gasteiger partial charge in [0.15, 0.2) is 5.96 Å².